The first-order chi connectivity index (χ1) is 6.74. The first-order valence-corrected chi connectivity index (χ1v) is 5.75. The van der Waals surface area contributed by atoms with Crippen LogP contribution in [0, 0.1) is 5.92 Å². The van der Waals surface area contributed by atoms with E-state index in [2.05, 4.69) is 13.8 Å². The average Bonchev–Trinajstić information content (AvgIpc) is 2.99. The van der Waals surface area contributed by atoms with Crippen molar-refractivity contribution in [2.45, 2.75) is 45.6 Å². The van der Waals surface area contributed by atoms with E-state index in [9.17, 15) is 4.79 Å². The highest BCUT2D eigenvalue weighted by Crippen LogP contribution is 2.28. The van der Waals surface area contributed by atoms with Gasteiger partial charge in [0.2, 0.25) is 5.91 Å². The minimum Gasteiger partial charge on any atom is -0.338 e. The van der Waals surface area contributed by atoms with Crippen molar-refractivity contribution in [2.75, 3.05) is 13.1 Å². The number of nitrogens with zero attached hydrogens (tertiary/aromatic N) is 1. The standard InChI is InChI=1S/C11H22N2O/c1-3-9(4-2)11(14)13(8-7-12)10-5-6-10/h9-10H,3-8,12H2,1-2H3. The summed E-state index contributed by atoms with van der Waals surface area (Å²) in [6.45, 7) is 5.49. The number of amides is 1. The van der Waals surface area contributed by atoms with Crippen molar-refractivity contribution >= 4 is 5.91 Å². The van der Waals surface area contributed by atoms with Crippen LogP contribution in [0.2, 0.25) is 0 Å². The lowest BCUT2D eigenvalue weighted by Crippen LogP contribution is -2.40. The van der Waals surface area contributed by atoms with E-state index in [-0.39, 0.29) is 5.92 Å². The molecular weight excluding hydrogens is 176 g/mol. The molecule has 0 bridgehead atoms. The molecule has 0 aromatic rings. The summed E-state index contributed by atoms with van der Waals surface area (Å²) in [6.07, 6.45) is 4.24. The molecule has 2 N–H and O–H groups in total. The fourth-order valence-electron chi connectivity index (χ4n) is 1.87. The van der Waals surface area contributed by atoms with Gasteiger partial charge in [0.15, 0.2) is 0 Å². The zero-order valence-corrected chi connectivity index (χ0v) is 9.33. The number of carbonyl (C=O) groups excluding carboxylic acids is 1. The molecule has 0 spiro atoms. The minimum absolute atomic E-state index is 0.210. The lowest BCUT2D eigenvalue weighted by molar-refractivity contribution is -0.136. The van der Waals surface area contributed by atoms with E-state index < -0.39 is 0 Å². The van der Waals surface area contributed by atoms with Crippen molar-refractivity contribution in [1.82, 2.24) is 4.90 Å². The molecule has 3 heteroatoms. The van der Waals surface area contributed by atoms with Crippen molar-refractivity contribution in [3.8, 4) is 0 Å². The molecule has 0 aromatic heterocycles. The van der Waals surface area contributed by atoms with Gasteiger partial charge in [-0.3, -0.25) is 4.79 Å². The molecule has 3 nitrogen and oxygen atoms in total. The molecule has 0 radical (unpaired) electrons. The highest BCUT2D eigenvalue weighted by molar-refractivity contribution is 5.79. The molecule has 1 fully saturated rings. The number of hydrogen-bond acceptors (Lipinski definition) is 2. The fourth-order valence-corrected chi connectivity index (χ4v) is 1.87. The molecule has 82 valence electrons. The van der Waals surface area contributed by atoms with E-state index in [1.54, 1.807) is 0 Å². The molecule has 0 saturated heterocycles. The Labute approximate surface area is 86.6 Å². The van der Waals surface area contributed by atoms with E-state index in [4.69, 9.17) is 5.73 Å². The summed E-state index contributed by atoms with van der Waals surface area (Å²) in [4.78, 5) is 14.0. The lowest BCUT2D eigenvalue weighted by atomic mass is 10.0. The average molecular weight is 198 g/mol. The molecule has 14 heavy (non-hydrogen) atoms. The molecule has 1 rings (SSSR count). The minimum atomic E-state index is 0.210. The Morgan fingerprint density at radius 1 is 1.43 bits per heavy atom. The first kappa shape index (κ1) is 11.5. The summed E-state index contributed by atoms with van der Waals surface area (Å²) < 4.78 is 0. The molecule has 0 aromatic carbocycles. The Morgan fingerprint density at radius 2 is 2.00 bits per heavy atom. The predicted octanol–water partition coefficient (Wildman–Crippen LogP) is 1.37. The normalized spacial score (nSPS) is 16.0. The molecular formula is C11H22N2O. The summed E-state index contributed by atoms with van der Waals surface area (Å²) in [7, 11) is 0. The summed E-state index contributed by atoms with van der Waals surface area (Å²) in [6, 6.07) is 0.506. The van der Waals surface area contributed by atoms with Crippen LogP contribution in [0.4, 0.5) is 0 Å². The number of carbonyl (C=O) groups is 1. The van der Waals surface area contributed by atoms with Gasteiger partial charge in [0, 0.05) is 25.0 Å². The quantitative estimate of drug-likeness (QED) is 0.700. The van der Waals surface area contributed by atoms with Crippen LogP contribution in [-0.4, -0.2) is 29.9 Å². The second kappa shape index (κ2) is 5.35. The lowest BCUT2D eigenvalue weighted by Gasteiger charge is -2.25. The molecule has 0 heterocycles. The van der Waals surface area contributed by atoms with Gasteiger partial charge < -0.3 is 10.6 Å². The van der Waals surface area contributed by atoms with Gasteiger partial charge in [-0.15, -0.1) is 0 Å². The van der Waals surface area contributed by atoms with Crippen LogP contribution in [0.25, 0.3) is 0 Å². The van der Waals surface area contributed by atoms with Crippen LogP contribution < -0.4 is 5.73 Å². The third-order valence-corrected chi connectivity index (χ3v) is 2.98. The van der Waals surface area contributed by atoms with E-state index >= 15 is 0 Å². The molecule has 1 amide bonds. The van der Waals surface area contributed by atoms with Crippen LogP contribution in [0.1, 0.15) is 39.5 Å². The van der Waals surface area contributed by atoms with Crippen molar-refractivity contribution in [1.29, 1.82) is 0 Å². The largest absolute Gasteiger partial charge is 0.338 e. The van der Waals surface area contributed by atoms with Gasteiger partial charge in [-0.25, -0.2) is 0 Å². The Bertz CT molecular complexity index is 186. The summed E-state index contributed by atoms with van der Waals surface area (Å²) in [5.41, 5.74) is 5.52. The van der Waals surface area contributed by atoms with Crippen molar-refractivity contribution < 1.29 is 4.79 Å². The van der Waals surface area contributed by atoms with Gasteiger partial charge in [0.05, 0.1) is 0 Å². The highest BCUT2D eigenvalue weighted by Gasteiger charge is 2.33. The Hall–Kier alpha value is -0.570. The third kappa shape index (κ3) is 2.71. The van der Waals surface area contributed by atoms with E-state index in [0.717, 1.165) is 19.4 Å². The smallest absolute Gasteiger partial charge is 0.225 e. The van der Waals surface area contributed by atoms with Crippen molar-refractivity contribution in [2.24, 2.45) is 11.7 Å². The predicted molar refractivity (Wildman–Crippen MR) is 57.9 cm³/mol. The van der Waals surface area contributed by atoms with E-state index in [1.165, 1.54) is 12.8 Å². The summed E-state index contributed by atoms with van der Waals surface area (Å²) >= 11 is 0. The Balaban J connectivity index is 2.52. The maximum absolute atomic E-state index is 12.0. The summed E-state index contributed by atoms with van der Waals surface area (Å²) in [5, 5.41) is 0. The highest BCUT2D eigenvalue weighted by atomic mass is 16.2. The van der Waals surface area contributed by atoms with E-state index in [1.807, 2.05) is 4.90 Å². The zero-order chi connectivity index (χ0) is 10.6. The van der Waals surface area contributed by atoms with Gasteiger partial charge in [-0.1, -0.05) is 13.8 Å². The third-order valence-electron chi connectivity index (χ3n) is 2.98. The maximum atomic E-state index is 12.0. The monoisotopic (exact) mass is 198 g/mol. The molecule has 1 aliphatic rings. The number of nitrogens with two attached hydrogens (primary N) is 1. The van der Waals surface area contributed by atoms with Gasteiger partial charge in [-0.05, 0) is 25.7 Å². The molecule has 1 aliphatic carbocycles. The maximum Gasteiger partial charge on any atom is 0.225 e. The van der Waals surface area contributed by atoms with Gasteiger partial charge in [-0.2, -0.15) is 0 Å². The Kier molecular flexibility index (Phi) is 4.39. The molecule has 1 saturated carbocycles. The van der Waals surface area contributed by atoms with Crippen LogP contribution in [-0.2, 0) is 4.79 Å². The summed E-state index contributed by atoms with van der Waals surface area (Å²) in [5.74, 6) is 0.533. The second-order valence-corrected chi connectivity index (χ2v) is 4.06. The zero-order valence-electron chi connectivity index (χ0n) is 9.33. The van der Waals surface area contributed by atoms with Crippen LogP contribution in [0.15, 0.2) is 0 Å². The van der Waals surface area contributed by atoms with Gasteiger partial charge in [0.25, 0.3) is 0 Å². The van der Waals surface area contributed by atoms with Gasteiger partial charge in [0.1, 0.15) is 0 Å². The van der Waals surface area contributed by atoms with Crippen LogP contribution >= 0.6 is 0 Å². The van der Waals surface area contributed by atoms with Crippen molar-refractivity contribution in [3.05, 3.63) is 0 Å². The second-order valence-electron chi connectivity index (χ2n) is 4.06. The molecule has 0 unspecified atom stereocenters. The molecule has 0 aliphatic heterocycles. The number of hydrogen-bond donors (Lipinski definition) is 1. The topological polar surface area (TPSA) is 46.3 Å². The molecule has 0 atom stereocenters. The first-order valence-electron chi connectivity index (χ1n) is 5.75. The fraction of sp³-hybridized carbons (Fsp3) is 0.909. The SMILES string of the molecule is CCC(CC)C(=O)N(CCN)C1CC1. The van der Waals surface area contributed by atoms with Crippen molar-refractivity contribution in [3.63, 3.8) is 0 Å². The van der Waals surface area contributed by atoms with Crippen LogP contribution in [0.5, 0.6) is 0 Å². The van der Waals surface area contributed by atoms with Gasteiger partial charge >= 0.3 is 0 Å². The van der Waals surface area contributed by atoms with Crippen LogP contribution in [0.3, 0.4) is 0 Å². The number of rotatable bonds is 6. The Morgan fingerprint density at radius 3 is 2.36 bits per heavy atom. The van der Waals surface area contributed by atoms with E-state index in [0.29, 0.717) is 18.5 Å².